The summed E-state index contributed by atoms with van der Waals surface area (Å²) in [5, 5.41) is 9.12. The van der Waals surface area contributed by atoms with E-state index in [4.69, 9.17) is 4.42 Å². The third-order valence-electron chi connectivity index (χ3n) is 3.60. The lowest BCUT2D eigenvalue weighted by Gasteiger charge is -2.12. The molecule has 2 rings (SSSR count). The molecule has 0 spiro atoms. The fourth-order valence-corrected chi connectivity index (χ4v) is 2.19. The maximum atomic E-state index is 12.9. The van der Waals surface area contributed by atoms with E-state index < -0.39 is 0 Å². The lowest BCUT2D eigenvalue weighted by Crippen LogP contribution is -2.38. The Morgan fingerprint density at radius 1 is 1.12 bits per heavy atom. The van der Waals surface area contributed by atoms with Gasteiger partial charge >= 0.3 is 0 Å². The molecule has 0 unspecified atom stereocenters. The first-order chi connectivity index (χ1) is 12.1. The highest BCUT2D eigenvalue weighted by atomic mass is 19.1. The number of benzene rings is 1. The summed E-state index contributed by atoms with van der Waals surface area (Å²) < 4.78 is 18.0. The van der Waals surface area contributed by atoms with E-state index >= 15 is 0 Å². The number of nitrogens with zero attached hydrogens (tertiary/aromatic N) is 1. The van der Waals surface area contributed by atoms with Crippen molar-refractivity contribution in [1.29, 1.82) is 0 Å². The van der Waals surface area contributed by atoms with Crippen LogP contribution in [0.15, 0.2) is 46.0 Å². The molecule has 7 heteroatoms. The zero-order valence-corrected chi connectivity index (χ0v) is 14.4. The third kappa shape index (κ3) is 5.95. The maximum Gasteiger partial charge on any atom is 0.287 e. The zero-order chi connectivity index (χ0) is 18.1. The number of rotatable bonds is 7. The van der Waals surface area contributed by atoms with E-state index in [1.165, 1.54) is 18.4 Å². The molecule has 0 bridgehead atoms. The minimum atomic E-state index is -0.252. The van der Waals surface area contributed by atoms with E-state index in [0.717, 1.165) is 17.5 Å². The van der Waals surface area contributed by atoms with E-state index in [1.807, 2.05) is 6.92 Å². The van der Waals surface area contributed by atoms with Gasteiger partial charge in [-0.05, 0) is 37.1 Å². The number of carbonyl (C=O) groups is 1. The molecule has 1 amide bonds. The van der Waals surface area contributed by atoms with Crippen LogP contribution in [0.2, 0.25) is 0 Å². The van der Waals surface area contributed by atoms with Crippen LogP contribution < -0.4 is 16.0 Å². The molecule has 25 heavy (non-hydrogen) atoms. The van der Waals surface area contributed by atoms with Gasteiger partial charge in [0.05, 0.1) is 6.26 Å². The average molecular weight is 346 g/mol. The van der Waals surface area contributed by atoms with Crippen molar-refractivity contribution in [1.82, 2.24) is 16.0 Å². The standard InChI is InChI=1S/C18H23FN4O2/c1-13-8-11-25-16(13)17(24)21-9-3-10-22-18(20-2)23-12-14-4-6-15(19)7-5-14/h4-8,11H,3,9-10,12H2,1-2H3,(H,21,24)(H2,20,22,23). The second-order valence-corrected chi connectivity index (χ2v) is 5.52. The molecule has 1 heterocycles. The third-order valence-corrected chi connectivity index (χ3v) is 3.60. The number of carbonyl (C=O) groups excluding carboxylic acids is 1. The van der Waals surface area contributed by atoms with Gasteiger partial charge in [0, 0.05) is 32.2 Å². The summed E-state index contributed by atoms with van der Waals surface area (Å²) in [4.78, 5) is 16.0. The Kier molecular flexibility index (Phi) is 7.00. The highest BCUT2D eigenvalue weighted by molar-refractivity contribution is 5.92. The number of halogens is 1. The first-order valence-corrected chi connectivity index (χ1v) is 8.11. The molecular formula is C18H23FN4O2. The number of furan rings is 1. The predicted octanol–water partition coefficient (Wildman–Crippen LogP) is 2.21. The number of aryl methyl sites for hydroxylation is 1. The maximum absolute atomic E-state index is 12.9. The summed E-state index contributed by atoms with van der Waals surface area (Å²) in [6.07, 6.45) is 2.24. The van der Waals surface area contributed by atoms with Crippen LogP contribution in [0.4, 0.5) is 4.39 Å². The quantitative estimate of drug-likeness (QED) is 0.408. The topological polar surface area (TPSA) is 78.7 Å². The SMILES string of the molecule is CN=C(NCCCNC(=O)c1occc1C)NCc1ccc(F)cc1. The number of aliphatic imine (C=N–C) groups is 1. The predicted molar refractivity (Wildman–Crippen MR) is 95.0 cm³/mol. The Bertz CT molecular complexity index is 710. The minimum Gasteiger partial charge on any atom is -0.459 e. The van der Waals surface area contributed by atoms with E-state index in [0.29, 0.717) is 31.4 Å². The van der Waals surface area contributed by atoms with Crippen LogP contribution >= 0.6 is 0 Å². The van der Waals surface area contributed by atoms with Crippen molar-refractivity contribution in [3.8, 4) is 0 Å². The summed E-state index contributed by atoms with van der Waals surface area (Å²) in [6.45, 7) is 3.56. The highest BCUT2D eigenvalue weighted by Crippen LogP contribution is 2.07. The lowest BCUT2D eigenvalue weighted by atomic mass is 10.2. The first kappa shape index (κ1) is 18.5. The van der Waals surface area contributed by atoms with Gasteiger partial charge in [-0.2, -0.15) is 0 Å². The van der Waals surface area contributed by atoms with Gasteiger partial charge in [-0.1, -0.05) is 12.1 Å². The van der Waals surface area contributed by atoms with Crippen molar-refractivity contribution in [2.24, 2.45) is 4.99 Å². The molecule has 3 N–H and O–H groups in total. The normalized spacial score (nSPS) is 11.2. The summed E-state index contributed by atoms with van der Waals surface area (Å²) in [5.74, 6) is 0.543. The molecule has 0 aliphatic carbocycles. The summed E-state index contributed by atoms with van der Waals surface area (Å²) in [7, 11) is 1.68. The fraction of sp³-hybridized carbons (Fsp3) is 0.333. The van der Waals surface area contributed by atoms with Crippen LogP contribution in [0.5, 0.6) is 0 Å². The van der Waals surface area contributed by atoms with Gasteiger partial charge in [-0.15, -0.1) is 0 Å². The molecular weight excluding hydrogens is 323 g/mol. The molecule has 1 aromatic heterocycles. The second-order valence-electron chi connectivity index (χ2n) is 5.52. The van der Waals surface area contributed by atoms with Crippen LogP contribution in [-0.2, 0) is 6.54 Å². The number of guanidine groups is 1. The van der Waals surface area contributed by atoms with Crippen LogP contribution in [0.25, 0.3) is 0 Å². The van der Waals surface area contributed by atoms with Crippen LogP contribution in [0, 0.1) is 12.7 Å². The Hall–Kier alpha value is -2.83. The Morgan fingerprint density at radius 3 is 2.48 bits per heavy atom. The Labute approximate surface area is 146 Å². The Balaban J connectivity index is 1.63. The zero-order valence-electron chi connectivity index (χ0n) is 14.4. The molecule has 0 aliphatic heterocycles. The van der Waals surface area contributed by atoms with Gasteiger partial charge in [-0.3, -0.25) is 9.79 Å². The van der Waals surface area contributed by atoms with E-state index in [-0.39, 0.29) is 11.7 Å². The van der Waals surface area contributed by atoms with Gasteiger partial charge in [0.1, 0.15) is 5.82 Å². The van der Waals surface area contributed by atoms with Gasteiger partial charge in [0.2, 0.25) is 0 Å². The molecule has 0 saturated carbocycles. The molecule has 134 valence electrons. The fourth-order valence-electron chi connectivity index (χ4n) is 2.19. The molecule has 0 saturated heterocycles. The highest BCUT2D eigenvalue weighted by Gasteiger charge is 2.11. The average Bonchev–Trinajstić information content (AvgIpc) is 3.04. The van der Waals surface area contributed by atoms with Crippen molar-refractivity contribution >= 4 is 11.9 Å². The van der Waals surface area contributed by atoms with Gasteiger partial charge < -0.3 is 20.4 Å². The second kappa shape index (κ2) is 9.46. The summed E-state index contributed by atoms with van der Waals surface area (Å²) in [5.41, 5.74) is 1.78. The Morgan fingerprint density at radius 2 is 1.84 bits per heavy atom. The molecule has 0 fully saturated rings. The van der Waals surface area contributed by atoms with Crippen molar-refractivity contribution in [3.05, 3.63) is 59.3 Å². The van der Waals surface area contributed by atoms with Gasteiger partial charge in [-0.25, -0.2) is 4.39 Å². The van der Waals surface area contributed by atoms with Gasteiger partial charge in [0.15, 0.2) is 11.7 Å². The molecule has 6 nitrogen and oxygen atoms in total. The van der Waals surface area contributed by atoms with Crippen LogP contribution in [0.3, 0.4) is 0 Å². The van der Waals surface area contributed by atoms with Crippen molar-refractivity contribution < 1.29 is 13.6 Å². The minimum absolute atomic E-state index is 0.207. The summed E-state index contributed by atoms with van der Waals surface area (Å²) >= 11 is 0. The number of nitrogens with one attached hydrogen (secondary N) is 3. The number of hydrogen-bond acceptors (Lipinski definition) is 3. The molecule has 1 aromatic carbocycles. The number of amides is 1. The summed E-state index contributed by atoms with van der Waals surface area (Å²) in [6, 6.07) is 8.06. The molecule has 0 radical (unpaired) electrons. The monoisotopic (exact) mass is 346 g/mol. The van der Waals surface area contributed by atoms with E-state index in [2.05, 4.69) is 20.9 Å². The van der Waals surface area contributed by atoms with Crippen molar-refractivity contribution in [3.63, 3.8) is 0 Å². The first-order valence-electron chi connectivity index (χ1n) is 8.11. The van der Waals surface area contributed by atoms with Crippen LogP contribution in [0.1, 0.15) is 28.1 Å². The lowest BCUT2D eigenvalue weighted by molar-refractivity contribution is 0.0925. The van der Waals surface area contributed by atoms with E-state index in [9.17, 15) is 9.18 Å². The molecule has 0 atom stereocenters. The van der Waals surface area contributed by atoms with Crippen molar-refractivity contribution in [2.75, 3.05) is 20.1 Å². The number of hydrogen-bond donors (Lipinski definition) is 3. The largest absolute Gasteiger partial charge is 0.459 e. The van der Waals surface area contributed by atoms with Crippen molar-refractivity contribution in [2.45, 2.75) is 19.9 Å². The van der Waals surface area contributed by atoms with E-state index in [1.54, 1.807) is 25.2 Å². The smallest absolute Gasteiger partial charge is 0.287 e. The molecule has 0 aliphatic rings. The van der Waals surface area contributed by atoms with Gasteiger partial charge in [0.25, 0.3) is 5.91 Å². The van der Waals surface area contributed by atoms with Crippen LogP contribution in [-0.4, -0.2) is 32.0 Å². The molecule has 2 aromatic rings.